The Hall–Kier alpha value is -6.58. The van der Waals surface area contributed by atoms with E-state index in [9.17, 15) is 0 Å². The van der Waals surface area contributed by atoms with Gasteiger partial charge in [0.05, 0.1) is 11.4 Å². The van der Waals surface area contributed by atoms with Gasteiger partial charge in [0, 0.05) is 49.2 Å². The Morgan fingerprint density at radius 1 is 0.423 bits per heavy atom. The van der Waals surface area contributed by atoms with E-state index in [2.05, 4.69) is 176 Å². The fourth-order valence-electron chi connectivity index (χ4n) is 8.78. The Balaban J connectivity index is 1.13. The van der Waals surface area contributed by atoms with Crippen LogP contribution in [0.5, 0.6) is 0 Å². The Kier molecular flexibility index (Phi) is 6.01. The Labute approximate surface area is 301 Å². The number of hydrogen-bond donors (Lipinski definition) is 0. The lowest BCUT2D eigenvalue weighted by atomic mass is 9.82. The van der Waals surface area contributed by atoms with Crippen LogP contribution in [0.4, 0.5) is 17.1 Å². The molecular weight excluding hydrogens is 635 g/mol. The molecule has 246 valence electrons. The summed E-state index contributed by atoms with van der Waals surface area (Å²) in [5, 5.41) is 6.80. The first-order chi connectivity index (χ1) is 25.6. The molecule has 0 saturated heterocycles. The molecule has 10 aromatic rings. The highest BCUT2D eigenvalue weighted by atomic mass is 16.3. The van der Waals surface area contributed by atoms with E-state index in [0.29, 0.717) is 0 Å². The number of nitrogens with zero attached hydrogens (tertiary/aromatic N) is 1. The first-order valence-corrected chi connectivity index (χ1v) is 17.9. The maximum Gasteiger partial charge on any atom is 0.159 e. The summed E-state index contributed by atoms with van der Waals surface area (Å²) in [6.07, 6.45) is 0. The highest BCUT2D eigenvalue weighted by Gasteiger charge is 2.38. The molecule has 3 heteroatoms. The lowest BCUT2D eigenvalue weighted by molar-refractivity contribution is 0.660. The van der Waals surface area contributed by atoms with Crippen LogP contribution < -0.4 is 4.90 Å². The van der Waals surface area contributed by atoms with Gasteiger partial charge in [0.25, 0.3) is 0 Å². The lowest BCUT2D eigenvalue weighted by Crippen LogP contribution is -2.16. The third-order valence-corrected chi connectivity index (χ3v) is 11.3. The molecule has 0 amide bonds. The number of anilines is 3. The van der Waals surface area contributed by atoms with Crippen LogP contribution in [-0.2, 0) is 5.41 Å². The third kappa shape index (κ3) is 4.02. The van der Waals surface area contributed by atoms with E-state index in [-0.39, 0.29) is 5.41 Å². The molecule has 1 aliphatic carbocycles. The number of benzene rings is 8. The van der Waals surface area contributed by atoms with Crippen LogP contribution in [0.3, 0.4) is 0 Å². The predicted molar refractivity (Wildman–Crippen MR) is 216 cm³/mol. The molecule has 0 atom stereocenters. The minimum atomic E-state index is -0.126. The van der Waals surface area contributed by atoms with Gasteiger partial charge in [0.2, 0.25) is 0 Å². The van der Waals surface area contributed by atoms with E-state index < -0.39 is 0 Å². The zero-order chi connectivity index (χ0) is 34.6. The Morgan fingerprint density at radius 3 is 1.94 bits per heavy atom. The molecule has 2 heterocycles. The Morgan fingerprint density at radius 2 is 1.06 bits per heavy atom. The molecule has 1 aliphatic rings. The van der Waals surface area contributed by atoms with Crippen molar-refractivity contribution in [1.82, 2.24) is 0 Å². The second-order valence-electron chi connectivity index (χ2n) is 14.5. The summed E-state index contributed by atoms with van der Waals surface area (Å²) in [6, 6.07) is 58.6. The fourth-order valence-corrected chi connectivity index (χ4v) is 8.78. The summed E-state index contributed by atoms with van der Waals surface area (Å²) in [6.45, 7) is 4.67. The normalized spacial score (nSPS) is 13.3. The zero-order valence-corrected chi connectivity index (χ0v) is 28.9. The van der Waals surface area contributed by atoms with E-state index in [1.807, 2.05) is 6.07 Å². The molecule has 8 aromatic carbocycles. The van der Waals surface area contributed by atoms with E-state index >= 15 is 0 Å². The van der Waals surface area contributed by atoms with Gasteiger partial charge < -0.3 is 13.7 Å². The van der Waals surface area contributed by atoms with E-state index in [0.717, 1.165) is 77.5 Å². The van der Waals surface area contributed by atoms with Crippen molar-refractivity contribution < 1.29 is 8.83 Å². The molecule has 0 aliphatic heterocycles. The van der Waals surface area contributed by atoms with Crippen molar-refractivity contribution in [2.24, 2.45) is 0 Å². The molecule has 0 saturated carbocycles. The average molecular weight is 668 g/mol. The second-order valence-corrected chi connectivity index (χ2v) is 14.5. The smallest absolute Gasteiger partial charge is 0.159 e. The predicted octanol–water partition coefficient (Wildman–Crippen LogP) is 14.1. The third-order valence-electron chi connectivity index (χ3n) is 11.3. The number of para-hydroxylation sites is 3. The van der Waals surface area contributed by atoms with Crippen LogP contribution in [0.15, 0.2) is 173 Å². The van der Waals surface area contributed by atoms with E-state index in [1.165, 1.54) is 27.6 Å². The molecule has 2 aromatic heterocycles. The highest BCUT2D eigenvalue weighted by molar-refractivity contribution is 6.17. The number of hydrogen-bond acceptors (Lipinski definition) is 3. The van der Waals surface area contributed by atoms with Crippen molar-refractivity contribution >= 4 is 71.7 Å². The maximum absolute atomic E-state index is 6.72. The van der Waals surface area contributed by atoms with Gasteiger partial charge in [0.15, 0.2) is 5.58 Å². The summed E-state index contributed by atoms with van der Waals surface area (Å²) in [4.78, 5) is 2.39. The van der Waals surface area contributed by atoms with Crippen LogP contribution in [0, 0.1) is 0 Å². The summed E-state index contributed by atoms with van der Waals surface area (Å²) >= 11 is 0. The van der Waals surface area contributed by atoms with Crippen LogP contribution in [0.1, 0.15) is 25.0 Å². The lowest BCUT2D eigenvalue weighted by Gasteiger charge is -2.29. The second kappa shape index (κ2) is 10.7. The molecule has 0 fully saturated rings. The molecular formula is C49H33NO2. The number of furan rings is 2. The number of fused-ring (bicyclic) bond motifs is 11. The van der Waals surface area contributed by atoms with Gasteiger partial charge in [-0.05, 0) is 64.0 Å². The van der Waals surface area contributed by atoms with Crippen molar-refractivity contribution in [3.05, 3.63) is 175 Å². The minimum Gasteiger partial charge on any atom is -0.455 e. The van der Waals surface area contributed by atoms with Gasteiger partial charge in [-0.25, -0.2) is 0 Å². The number of rotatable bonds is 4. The van der Waals surface area contributed by atoms with Gasteiger partial charge in [-0.15, -0.1) is 0 Å². The van der Waals surface area contributed by atoms with Crippen molar-refractivity contribution in [1.29, 1.82) is 0 Å². The van der Waals surface area contributed by atoms with Gasteiger partial charge in [-0.1, -0.05) is 141 Å². The van der Waals surface area contributed by atoms with E-state index in [4.69, 9.17) is 8.83 Å². The van der Waals surface area contributed by atoms with Crippen molar-refractivity contribution in [3.8, 4) is 22.3 Å². The van der Waals surface area contributed by atoms with Gasteiger partial charge >= 0.3 is 0 Å². The summed E-state index contributed by atoms with van der Waals surface area (Å²) < 4.78 is 13.4. The first kappa shape index (κ1) is 29.2. The highest BCUT2D eigenvalue weighted by Crippen LogP contribution is 2.55. The topological polar surface area (TPSA) is 29.5 Å². The quantitative estimate of drug-likeness (QED) is 0.187. The van der Waals surface area contributed by atoms with Crippen LogP contribution in [0.25, 0.3) is 76.9 Å². The molecule has 0 N–H and O–H groups in total. The average Bonchev–Trinajstić information content (AvgIpc) is 3.84. The first-order valence-electron chi connectivity index (χ1n) is 17.9. The van der Waals surface area contributed by atoms with Gasteiger partial charge in [0.1, 0.15) is 16.7 Å². The maximum atomic E-state index is 6.72. The molecule has 11 rings (SSSR count). The molecule has 0 bridgehead atoms. The van der Waals surface area contributed by atoms with Crippen LogP contribution in [0.2, 0.25) is 0 Å². The molecule has 0 spiro atoms. The van der Waals surface area contributed by atoms with Crippen molar-refractivity contribution in [2.75, 3.05) is 4.90 Å². The molecule has 3 nitrogen and oxygen atoms in total. The van der Waals surface area contributed by atoms with Gasteiger partial charge in [-0.2, -0.15) is 0 Å². The SMILES string of the molecule is CC1(C)c2ccccc2-c2c(N(c3ccc(-c4cccc5c4oc4c6ccccc6ccc54)cc3)c3cccc4c3oc3ccccc34)cccc21. The molecule has 0 radical (unpaired) electrons. The summed E-state index contributed by atoms with van der Waals surface area (Å²) in [7, 11) is 0. The largest absolute Gasteiger partial charge is 0.455 e. The van der Waals surface area contributed by atoms with Crippen LogP contribution >= 0.6 is 0 Å². The van der Waals surface area contributed by atoms with Crippen molar-refractivity contribution in [2.45, 2.75) is 19.3 Å². The molecule has 0 unspecified atom stereocenters. The monoisotopic (exact) mass is 667 g/mol. The zero-order valence-electron chi connectivity index (χ0n) is 28.9. The Bertz CT molecular complexity index is 3050. The fraction of sp³-hybridized carbons (Fsp3) is 0.0612. The molecule has 52 heavy (non-hydrogen) atoms. The van der Waals surface area contributed by atoms with Crippen LogP contribution in [-0.4, -0.2) is 0 Å². The van der Waals surface area contributed by atoms with Crippen molar-refractivity contribution in [3.63, 3.8) is 0 Å². The summed E-state index contributed by atoms with van der Waals surface area (Å²) in [5.74, 6) is 0. The van der Waals surface area contributed by atoms with E-state index in [1.54, 1.807) is 0 Å². The standard InChI is InChI=1S/C49H33NO2/c1-49(2)40-19-7-5-15-39(40)45-41(49)20-11-21-42(45)50(43-22-10-18-36-35-14-6-8-23-44(35)51-48(36)43)32-27-24-31(25-28-32)34-16-9-17-37-38-29-26-30-12-3-4-13-33(30)47(38)52-46(34)37/h3-29H,1-2H3. The van der Waals surface area contributed by atoms with Gasteiger partial charge in [-0.3, -0.25) is 0 Å². The summed E-state index contributed by atoms with van der Waals surface area (Å²) in [5.41, 5.74) is 14.0. The minimum absolute atomic E-state index is 0.126.